The molecule has 1 aromatic carbocycles. The summed E-state index contributed by atoms with van der Waals surface area (Å²) < 4.78 is 5.34. The van der Waals surface area contributed by atoms with Gasteiger partial charge >= 0.3 is 6.01 Å². The molecule has 1 aromatic heterocycles. The van der Waals surface area contributed by atoms with E-state index < -0.39 is 0 Å². The molecule has 1 heterocycles. The Balaban J connectivity index is 2.05. The Morgan fingerprint density at radius 3 is 2.59 bits per heavy atom. The van der Waals surface area contributed by atoms with Gasteiger partial charge in [-0.15, -0.1) is 5.10 Å². The fraction of sp³-hybridized carbons (Fsp3) is 0.273. The van der Waals surface area contributed by atoms with Gasteiger partial charge in [-0.25, -0.2) is 0 Å². The summed E-state index contributed by atoms with van der Waals surface area (Å²) in [5.41, 5.74) is 6.52. The zero-order valence-electron chi connectivity index (χ0n) is 9.43. The van der Waals surface area contributed by atoms with Crippen LogP contribution in [0.4, 0.5) is 6.01 Å². The molecular weight excluding hydrogens is 240 g/mol. The molecule has 0 atom stereocenters. The lowest BCUT2D eigenvalue weighted by Crippen LogP contribution is -2.16. The van der Waals surface area contributed by atoms with Crippen molar-refractivity contribution < 1.29 is 4.42 Å². The van der Waals surface area contributed by atoms with Crippen molar-refractivity contribution in [3.8, 4) is 0 Å². The zero-order valence-corrected chi connectivity index (χ0v) is 10.2. The number of halogens is 1. The number of nitrogens with two attached hydrogens (primary N) is 1. The first-order chi connectivity index (χ1) is 8.19. The fourth-order valence-corrected chi connectivity index (χ4v) is 1.54. The molecule has 0 aliphatic heterocycles. The summed E-state index contributed by atoms with van der Waals surface area (Å²) in [5.74, 6) is 0.433. The molecule has 0 aliphatic carbocycles. The Morgan fingerprint density at radius 1 is 1.29 bits per heavy atom. The Bertz CT molecular complexity index is 482. The lowest BCUT2D eigenvalue weighted by atomic mass is 10.2. The van der Waals surface area contributed by atoms with E-state index in [1.54, 1.807) is 0 Å². The highest BCUT2D eigenvalue weighted by Crippen LogP contribution is 2.15. The molecule has 90 valence electrons. The number of rotatable bonds is 4. The van der Waals surface area contributed by atoms with Gasteiger partial charge in [0, 0.05) is 18.6 Å². The van der Waals surface area contributed by atoms with Gasteiger partial charge in [0.15, 0.2) is 0 Å². The third kappa shape index (κ3) is 2.95. The molecule has 2 rings (SSSR count). The molecule has 2 aromatic rings. The number of benzene rings is 1. The maximum atomic E-state index is 5.82. The van der Waals surface area contributed by atoms with Gasteiger partial charge in [-0.1, -0.05) is 28.8 Å². The monoisotopic (exact) mass is 252 g/mol. The standard InChI is InChI=1S/C11H13ClN4O/c1-16(11-15-14-10(6-13)17-11)7-8-2-4-9(12)5-3-8/h2-5H,6-7,13H2,1H3. The topological polar surface area (TPSA) is 68.2 Å². The summed E-state index contributed by atoms with van der Waals surface area (Å²) in [6.07, 6.45) is 0. The quantitative estimate of drug-likeness (QED) is 0.899. The minimum absolute atomic E-state index is 0.252. The average Bonchev–Trinajstić information content (AvgIpc) is 2.81. The fourth-order valence-electron chi connectivity index (χ4n) is 1.41. The molecule has 6 heteroatoms. The molecule has 5 nitrogen and oxygen atoms in total. The van der Waals surface area contributed by atoms with Crippen molar-refractivity contribution in [1.82, 2.24) is 10.2 Å². The molecule has 0 saturated carbocycles. The maximum Gasteiger partial charge on any atom is 0.318 e. The van der Waals surface area contributed by atoms with E-state index in [-0.39, 0.29) is 6.54 Å². The summed E-state index contributed by atoms with van der Waals surface area (Å²) in [6.45, 7) is 0.922. The van der Waals surface area contributed by atoms with Gasteiger partial charge in [0.1, 0.15) is 0 Å². The third-order valence-electron chi connectivity index (χ3n) is 2.29. The Morgan fingerprint density at radius 2 is 2.00 bits per heavy atom. The minimum atomic E-state index is 0.252. The molecule has 0 aliphatic rings. The van der Waals surface area contributed by atoms with Gasteiger partial charge in [-0.3, -0.25) is 0 Å². The van der Waals surface area contributed by atoms with Gasteiger partial charge < -0.3 is 15.1 Å². The highest BCUT2D eigenvalue weighted by molar-refractivity contribution is 6.30. The van der Waals surface area contributed by atoms with Crippen molar-refractivity contribution >= 4 is 17.6 Å². The van der Waals surface area contributed by atoms with Crippen LogP contribution in [0, 0.1) is 0 Å². The van der Waals surface area contributed by atoms with Crippen LogP contribution in [-0.2, 0) is 13.1 Å². The lowest BCUT2D eigenvalue weighted by Gasteiger charge is -2.13. The van der Waals surface area contributed by atoms with Crippen LogP contribution < -0.4 is 10.6 Å². The molecule has 2 N–H and O–H groups in total. The van der Waals surface area contributed by atoms with E-state index in [9.17, 15) is 0 Å². The summed E-state index contributed by atoms with van der Waals surface area (Å²) >= 11 is 5.82. The SMILES string of the molecule is CN(Cc1ccc(Cl)cc1)c1nnc(CN)o1. The lowest BCUT2D eigenvalue weighted by molar-refractivity contribution is 0.491. The number of hydrogen-bond acceptors (Lipinski definition) is 5. The van der Waals surface area contributed by atoms with Gasteiger partial charge in [-0.2, -0.15) is 0 Å². The number of nitrogens with zero attached hydrogens (tertiary/aromatic N) is 3. The normalized spacial score (nSPS) is 10.5. The zero-order chi connectivity index (χ0) is 12.3. The van der Waals surface area contributed by atoms with Crippen molar-refractivity contribution in [3.05, 3.63) is 40.7 Å². The summed E-state index contributed by atoms with van der Waals surface area (Å²) in [7, 11) is 1.88. The molecule has 0 amide bonds. The van der Waals surface area contributed by atoms with Gasteiger partial charge in [0.25, 0.3) is 0 Å². The predicted octanol–water partition coefficient (Wildman–Crippen LogP) is 1.82. The van der Waals surface area contributed by atoms with Crippen molar-refractivity contribution in [2.45, 2.75) is 13.1 Å². The minimum Gasteiger partial charge on any atom is -0.407 e. The molecule has 0 radical (unpaired) electrons. The third-order valence-corrected chi connectivity index (χ3v) is 2.54. The summed E-state index contributed by atoms with van der Waals surface area (Å²) in [4.78, 5) is 1.86. The molecule has 17 heavy (non-hydrogen) atoms. The molecular formula is C11H13ClN4O. The highest BCUT2D eigenvalue weighted by Gasteiger charge is 2.09. The van der Waals surface area contributed by atoms with Crippen LogP contribution in [0.1, 0.15) is 11.5 Å². The van der Waals surface area contributed by atoms with Crippen molar-refractivity contribution in [3.63, 3.8) is 0 Å². The average molecular weight is 253 g/mol. The Hall–Kier alpha value is -1.59. The van der Waals surface area contributed by atoms with Crippen molar-refractivity contribution in [1.29, 1.82) is 0 Å². The number of aromatic nitrogens is 2. The van der Waals surface area contributed by atoms with E-state index in [4.69, 9.17) is 21.8 Å². The molecule has 0 fully saturated rings. The highest BCUT2D eigenvalue weighted by atomic mass is 35.5. The van der Waals surface area contributed by atoms with E-state index in [0.29, 0.717) is 18.5 Å². The van der Waals surface area contributed by atoms with E-state index in [1.165, 1.54) is 0 Å². The molecule has 0 saturated heterocycles. The van der Waals surface area contributed by atoms with Gasteiger partial charge in [0.05, 0.1) is 6.54 Å². The number of hydrogen-bond donors (Lipinski definition) is 1. The van der Waals surface area contributed by atoms with Crippen LogP contribution in [0.25, 0.3) is 0 Å². The molecule has 0 spiro atoms. The second kappa shape index (κ2) is 5.16. The van der Waals surface area contributed by atoms with Crippen LogP contribution in [0.15, 0.2) is 28.7 Å². The summed E-state index contributed by atoms with van der Waals surface area (Å²) in [5, 5.41) is 8.43. The first-order valence-corrected chi connectivity index (χ1v) is 5.55. The van der Waals surface area contributed by atoms with Crippen molar-refractivity contribution in [2.75, 3.05) is 11.9 Å². The van der Waals surface area contributed by atoms with Crippen molar-refractivity contribution in [2.24, 2.45) is 5.73 Å². The second-order valence-electron chi connectivity index (χ2n) is 3.67. The first kappa shape index (κ1) is 11.9. The number of anilines is 1. The smallest absolute Gasteiger partial charge is 0.318 e. The second-order valence-corrected chi connectivity index (χ2v) is 4.10. The van der Waals surface area contributed by atoms with E-state index in [0.717, 1.165) is 10.6 Å². The predicted molar refractivity (Wildman–Crippen MR) is 65.7 cm³/mol. The Kier molecular flexibility index (Phi) is 3.61. The molecule has 0 unspecified atom stereocenters. The maximum absolute atomic E-state index is 5.82. The van der Waals surface area contributed by atoms with Crippen LogP contribution >= 0.6 is 11.6 Å². The molecule has 0 bridgehead atoms. The van der Waals surface area contributed by atoms with E-state index in [1.807, 2.05) is 36.2 Å². The first-order valence-electron chi connectivity index (χ1n) is 5.17. The Labute approximate surface area is 104 Å². The van der Waals surface area contributed by atoms with Crippen LogP contribution in [0.5, 0.6) is 0 Å². The largest absolute Gasteiger partial charge is 0.407 e. The van der Waals surface area contributed by atoms with Gasteiger partial charge in [-0.05, 0) is 17.7 Å². The van der Waals surface area contributed by atoms with Crippen LogP contribution in [0.2, 0.25) is 5.02 Å². The van der Waals surface area contributed by atoms with E-state index >= 15 is 0 Å². The summed E-state index contributed by atoms with van der Waals surface area (Å²) in [6, 6.07) is 8.08. The van der Waals surface area contributed by atoms with Crippen LogP contribution in [-0.4, -0.2) is 17.2 Å². The van der Waals surface area contributed by atoms with Gasteiger partial charge in [0.2, 0.25) is 5.89 Å². The van der Waals surface area contributed by atoms with Crippen LogP contribution in [0.3, 0.4) is 0 Å². The van der Waals surface area contributed by atoms with E-state index in [2.05, 4.69) is 10.2 Å².